The third-order valence-corrected chi connectivity index (χ3v) is 2.63. The van der Waals surface area contributed by atoms with Crippen LogP contribution < -0.4 is 10.1 Å². The Morgan fingerprint density at radius 1 is 1.26 bits per heavy atom. The smallest absolute Gasteiger partial charge is 0.401 e. The van der Waals surface area contributed by atoms with E-state index in [4.69, 9.17) is 4.74 Å². The van der Waals surface area contributed by atoms with Gasteiger partial charge in [0.1, 0.15) is 5.75 Å². The minimum absolute atomic E-state index is 0.297. The van der Waals surface area contributed by atoms with Crippen LogP contribution >= 0.6 is 0 Å². The van der Waals surface area contributed by atoms with Gasteiger partial charge in [0.2, 0.25) is 0 Å². The fourth-order valence-corrected chi connectivity index (χ4v) is 1.70. The molecule has 0 aromatic heterocycles. The molecule has 108 valence electrons. The van der Waals surface area contributed by atoms with Gasteiger partial charge in [0, 0.05) is 25.2 Å². The Morgan fingerprint density at radius 3 is 2.58 bits per heavy atom. The molecule has 1 N–H and O–H groups in total. The molecule has 0 saturated heterocycles. The molecular weight excluding hydrogens is 257 g/mol. The number of likely N-dealkylation sites (N-methyl/N-ethyl adjacent to an activating group) is 1. The molecule has 3 nitrogen and oxygen atoms in total. The van der Waals surface area contributed by atoms with Crippen LogP contribution in [0.5, 0.6) is 5.75 Å². The largest absolute Gasteiger partial charge is 0.496 e. The van der Waals surface area contributed by atoms with Gasteiger partial charge in [-0.2, -0.15) is 13.2 Å². The summed E-state index contributed by atoms with van der Waals surface area (Å²) in [6, 6.07) is 7.60. The Kier molecular flexibility index (Phi) is 6.11. The normalized spacial score (nSPS) is 11.9. The second-order valence-electron chi connectivity index (χ2n) is 4.34. The van der Waals surface area contributed by atoms with Gasteiger partial charge in [-0.25, -0.2) is 0 Å². The Bertz CT molecular complexity index is 382. The standard InChI is InChI=1S/C13H19F3N2O/c1-18(8-7-17-10-13(14,15)16)9-11-5-3-4-6-12(11)19-2/h3-6,17H,7-10H2,1-2H3. The maximum absolute atomic E-state index is 11.9. The van der Waals surface area contributed by atoms with Crippen molar-refractivity contribution in [1.29, 1.82) is 0 Å². The first-order valence-electron chi connectivity index (χ1n) is 6.00. The maximum Gasteiger partial charge on any atom is 0.401 e. The lowest BCUT2D eigenvalue weighted by atomic mass is 10.2. The molecule has 0 atom stereocenters. The molecule has 0 saturated carbocycles. The highest BCUT2D eigenvalue weighted by atomic mass is 19.4. The number of benzene rings is 1. The molecule has 0 aliphatic carbocycles. The first-order valence-corrected chi connectivity index (χ1v) is 6.00. The summed E-state index contributed by atoms with van der Waals surface area (Å²) in [5.74, 6) is 0.789. The summed E-state index contributed by atoms with van der Waals surface area (Å²) in [7, 11) is 3.46. The van der Waals surface area contributed by atoms with Gasteiger partial charge in [-0.05, 0) is 13.1 Å². The Balaban J connectivity index is 2.33. The zero-order chi connectivity index (χ0) is 14.3. The zero-order valence-electron chi connectivity index (χ0n) is 11.1. The van der Waals surface area contributed by atoms with Crippen molar-refractivity contribution in [1.82, 2.24) is 10.2 Å². The van der Waals surface area contributed by atoms with Crippen LogP contribution in [0.25, 0.3) is 0 Å². The highest BCUT2D eigenvalue weighted by Gasteiger charge is 2.25. The number of ether oxygens (including phenoxy) is 1. The quantitative estimate of drug-likeness (QED) is 0.773. The first kappa shape index (κ1) is 15.8. The summed E-state index contributed by atoms with van der Waals surface area (Å²) in [4.78, 5) is 1.95. The van der Waals surface area contributed by atoms with Gasteiger partial charge in [0.15, 0.2) is 0 Å². The average molecular weight is 276 g/mol. The molecule has 0 aliphatic heterocycles. The molecule has 0 heterocycles. The zero-order valence-corrected chi connectivity index (χ0v) is 11.1. The molecule has 1 aromatic carbocycles. The van der Waals surface area contributed by atoms with Crippen molar-refractivity contribution in [2.75, 3.05) is 33.8 Å². The lowest BCUT2D eigenvalue weighted by molar-refractivity contribution is -0.124. The number of hydrogen-bond acceptors (Lipinski definition) is 3. The predicted octanol–water partition coefficient (Wildman–Crippen LogP) is 2.28. The van der Waals surface area contributed by atoms with E-state index in [1.54, 1.807) is 7.11 Å². The van der Waals surface area contributed by atoms with Gasteiger partial charge in [-0.15, -0.1) is 0 Å². The number of nitrogens with zero attached hydrogens (tertiary/aromatic N) is 1. The van der Waals surface area contributed by atoms with E-state index >= 15 is 0 Å². The van der Waals surface area contributed by atoms with Crippen LogP contribution in [-0.2, 0) is 6.54 Å². The Labute approximate surface area is 111 Å². The highest BCUT2D eigenvalue weighted by Crippen LogP contribution is 2.18. The van der Waals surface area contributed by atoms with Crippen molar-refractivity contribution in [3.63, 3.8) is 0 Å². The van der Waals surface area contributed by atoms with E-state index in [-0.39, 0.29) is 0 Å². The van der Waals surface area contributed by atoms with Gasteiger partial charge in [0.25, 0.3) is 0 Å². The third kappa shape index (κ3) is 6.45. The van der Waals surface area contributed by atoms with E-state index in [9.17, 15) is 13.2 Å². The van der Waals surface area contributed by atoms with Crippen LogP contribution in [0.4, 0.5) is 13.2 Å². The molecule has 6 heteroatoms. The predicted molar refractivity (Wildman–Crippen MR) is 68.3 cm³/mol. The van der Waals surface area contributed by atoms with Crippen molar-refractivity contribution < 1.29 is 17.9 Å². The second-order valence-corrected chi connectivity index (χ2v) is 4.34. The van der Waals surface area contributed by atoms with E-state index < -0.39 is 12.7 Å². The molecule has 0 bridgehead atoms. The molecule has 1 aromatic rings. The summed E-state index contributed by atoms with van der Waals surface area (Å²) in [6.45, 7) is 0.520. The van der Waals surface area contributed by atoms with Crippen LogP contribution in [0, 0.1) is 0 Å². The van der Waals surface area contributed by atoms with Gasteiger partial charge in [-0.3, -0.25) is 0 Å². The SMILES string of the molecule is COc1ccccc1CN(C)CCNCC(F)(F)F. The van der Waals surface area contributed by atoms with E-state index in [0.717, 1.165) is 11.3 Å². The summed E-state index contributed by atoms with van der Waals surface area (Å²) < 4.78 is 41.0. The van der Waals surface area contributed by atoms with E-state index in [1.165, 1.54) is 0 Å². The number of para-hydroxylation sites is 1. The minimum atomic E-state index is -4.15. The van der Waals surface area contributed by atoms with E-state index in [0.29, 0.717) is 19.6 Å². The molecule has 0 fully saturated rings. The average Bonchev–Trinajstić information content (AvgIpc) is 2.34. The van der Waals surface area contributed by atoms with Gasteiger partial charge < -0.3 is 15.0 Å². The monoisotopic (exact) mass is 276 g/mol. The Morgan fingerprint density at radius 2 is 1.95 bits per heavy atom. The van der Waals surface area contributed by atoms with Crippen molar-refractivity contribution in [2.24, 2.45) is 0 Å². The number of nitrogens with one attached hydrogen (secondary N) is 1. The number of methoxy groups -OCH3 is 1. The van der Waals surface area contributed by atoms with Crippen molar-refractivity contribution in [3.8, 4) is 5.75 Å². The summed E-state index contributed by atoms with van der Waals surface area (Å²) >= 11 is 0. The minimum Gasteiger partial charge on any atom is -0.496 e. The van der Waals surface area contributed by atoms with Gasteiger partial charge in [-0.1, -0.05) is 18.2 Å². The molecule has 0 amide bonds. The van der Waals surface area contributed by atoms with Gasteiger partial charge >= 0.3 is 6.18 Å². The molecular formula is C13H19F3N2O. The summed E-state index contributed by atoms with van der Waals surface area (Å²) in [5.41, 5.74) is 1.02. The number of rotatable bonds is 7. The van der Waals surface area contributed by atoms with Crippen LogP contribution in [0.3, 0.4) is 0 Å². The van der Waals surface area contributed by atoms with Crippen LogP contribution in [0.2, 0.25) is 0 Å². The van der Waals surface area contributed by atoms with E-state index in [2.05, 4.69) is 5.32 Å². The highest BCUT2D eigenvalue weighted by molar-refractivity contribution is 5.32. The molecule has 0 aliphatic rings. The maximum atomic E-state index is 11.9. The van der Waals surface area contributed by atoms with E-state index in [1.807, 2.05) is 36.2 Å². The molecule has 19 heavy (non-hydrogen) atoms. The molecule has 0 radical (unpaired) electrons. The second kappa shape index (κ2) is 7.35. The fourth-order valence-electron chi connectivity index (χ4n) is 1.70. The molecule has 0 spiro atoms. The fraction of sp³-hybridized carbons (Fsp3) is 0.538. The van der Waals surface area contributed by atoms with Crippen molar-refractivity contribution in [2.45, 2.75) is 12.7 Å². The summed E-state index contributed by atoms with van der Waals surface area (Å²) in [5, 5.41) is 2.37. The van der Waals surface area contributed by atoms with Crippen LogP contribution in [0.15, 0.2) is 24.3 Å². The number of alkyl halides is 3. The van der Waals surface area contributed by atoms with Gasteiger partial charge in [0.05, 0.1) is 13.7 Å². The van der Waals surface area contributed by atoms with Crippen molar-refractivity contribution in [3.05, 3.63) is 29.8 Å². The topological polar surface area (TPSA) is 24.5 Å². The Hall–Kier alpha value is -1.27. The number of halogens is 3. The third-order valence-electron chi connectivity index (χ3n) is 2.63. The first-order chi connectivity index (χ1) is 8.92. The summed E-state index contributed by atoms with van der Waals surface area (Å²) in [6.07, 6.45) is -4.15. The van der Waals surface area contributed by atoms with Crippen LogP contribution in [0.1, 0.15) is 5.56 Å². The molecule has 1 rings (SSSR count). The van der Waals surface area contributed by atoms with Crippen LogP contribution in [-0.4, -0.2) is 44.9 Å². The lowest BCUT2D eigenvalue weighted by Gasteiger charge is -2.18. The lowest BCUT2D eigenvalue weighted by Crippen LogP contribution is -2.34. The van der Waals surface area contributed by atoms with Crippen molar-refractivity contribution >= 4 is 0 Å². The number of hydrogen-bond donors (Lipinski definition) is 1. The molecule has 0 unspecified atom stereocenters.